The molecule has 2 aromatic rings. The molecule has 0 aromatic heterocycles. The van der Waals surface area contributed by atoms with Gasteiger partial charge < -0.3 is 9.84 Å². The Balaban J connectivity index is 1.78. The first-order valence-corrected chi connectivity index (χ1v) is 7.02. The molecule has 1 N–H and O–H groups in total. The molecule has 4 heteroatoms. The first-order chi connectivity index (χ1) is 10.1. The first-order valence-electron chi connectivity index (χ1n) is 7.02. The van der Waals surface area contributed by atoms with Crippen molar-refractivity contribution in [3.63, 3.8) is 0 Å². The van der Waals surface area contributed by atoms with E-state index in [2.05, 4.69) is 0 Å². The highest BCUT2D eigenvalue weighted by atomic mass is 19.1. The second-order valence-electron chi connectivity index (χ2n) is 5.26. The van der Waals surface area contributed by atoms with Crippen molar-refractivity contribution in [1.29, 1.82) is 0 Å². The van der Waals surface area contributed by atoms with Crippen LogP contribution in [0.3, 0.4) is 0 Å². The molecule has 0 saturated heterocycles. The lowest BCUT2D eigenvalue weighted by molar-refractivity contribution is 0.156. The van der Waals surface area contributed by atoms with Crippen LogP contribution in [0.25, 0.3) is 0 Å². The summed E-state index contributed by atoms with van der Waals surface area (Å²) < 4.78 is 32.5. The van der Waals surface area contributed by atoms with E-state index < -0.39 is 17.7 Å². The summed E-state index contributed by atoms with van der Waals surface area (Å²) >= 11 is 0. The zero-order valence-electron chi connectivity index (χ0n) is 11.5. The summed E-state index contributed by atoms with van der Waals surface area (Å²) in [4.78, 5) is 0. The largest absolute Gasteiger partial charge is 0.489 e. The van der Waals surface area contributed by atoms with Crippen LogP contribution in [0.1, 0.15) is 35.6 Å². The van der Waals surface area contributed by atoms with Crippen LogP contribution in [0, 0.1) is 11.6 Å². The van der Waals surface area contributed by atoms with Gasteiger partial charge in [-0.3, -0.25) is 0 Å². The van der Waals surface area contributed by atoms with Crippen molar-refractivity contribution in [3.8, 4) is 5.75 Å². The Bertz CT molecular complexity index is 635. The molecule has 1 unspecified atom stereocenters. The Labute approximate surface area is 122 Å². The Morgan fingerprint density at radius 3 is 2.67 bits per heavy atom. The van der Waals surface area contributed by atoms with Crippen molar-refractivity contribution in [2.45, 2.75) is 32.0 Å². The van der Waals surface area contributed by atoms with E-state index in [0.717, 1.165) is 30.4 Å². The Hall–Kier alpha value is -1.94. The molecule has 1 aliphatic carbocycles. The Morgan fingerprint density at radius 2 is 1.90 bits per heavy atom. The van der Waals surface area contributed by atoms with E-state index in [0.29, 0.717) is 5.75 Å². The number of rotatable bonds is 3. The fourth-order valence-corrected chi connectivity index (χ4v) is 2.67. The number of halogens is 2. The van der Waals surface area contributed by atoms with Gasteiger partial charge in [-0.25, -0.2) is 8.78 Å². The molecular weight excluding hydrogens is 274 g/mol. The van der Waals surface area contributed by atoms with Crippen molar-refractivity contribution >= 4 is 0 Å². The number of aliphatic hydroxyl groups is 1. The molecule has 0 spiro atoms. The van der Waals surface area contributed by atoms with Gasteiger partial charge in [-0.2, -0.15) is 0 Å². The molecule has 2 aromatic carbocycles. The first kappa shape index (κ1) is 14.0. The van der Waals surface area contributed by atoms with Crippen LogP contribution in [0.5, 0.6) is 5.75 Å². The molecular formula is C17H16F2O2. The predicted octanol–water partition coefficient (Wildman–Crippen LogP) is 3.91. The lowest BCUT2D eigenvalue weighted by atomic mass is 9.89. The third-order valence-corrected chi connectivity index (χ3v) is 3.84. The van der Waals surface area contributed by atoms with Gasteiger partial charge in [0.1, 0.15) is 24.0 Å². The molecule has 0 heterocycles. The molecule has 0 amide bonds. The quantitative estimate of drug-likeness (QED) is 0.928. The normalized spacial score (nSPS) is 17.4. The van der Waals surface area contributed by atoms with Crippen molar-refractivity contribution in [3.05, 3.63) is 64.7 Å². The average molecular weight is 290 g/mol. The van der Waals surface area contributed by atoms with Crippen molar-refractivity contribution in [2.75, 3.05) is 0 Å². The highest BCUT2D eigenvalue weighted by Crippen LogP contribution is 2.32. The van der Waals surface area contributed by atoms with E-state index in [1.54, 1.807) is 12.1 Å². The van der Waals surface area contributed by atoms with Gasteiger partial charge in [0.15, 0.2) is 0 Å². The molecule has 0 bridgehead atoms. The molecule has 1 aliphatic rings. The topological polar surface area (TPSA) is 29.5 Å². The van der Waals surface area contributed by atoms with E-state index in [9.17, 15) is 13.9 Å². The molecule has 1 atom stereocenters. The minimum Gasteiger partial charge on any atom is -0.489 e. The molecule has 0 fully saturated rings. The van der Waals surface area contributed by atoms with E-state index in [1.165, 1.54) is 18.2 Å². The maximum atomic E-state index is 13.5. The summed E-state index contributed by atoms with van der Waals surface area (Å²) in [5, 5.41) is 9.98. The number of benzene rings is 2. The maximum absolute atomic E-state index is 13.5. The summed E-state index contributed by atoms with van der Waals surface area (Å²) in [6.07, 6.45) is 2.16. The van der Waals surface area contributed by atoms with Crippen LogP contribution in [0.4, 0.5) is 8.78 Å². The summed E-state index contributed by atoms with van der Waals surface area (Å²) in [5.41, 5.74) is 1.88. The monoisotopic (exact) mass is 290 g/mol. The van der Waals surface area contributed by atoms with Gasteiger partial charge in [-0.1, -0.05) is 12.1 Å². The van der Waals surface area contributed by atoms with E-state index >= 15 is 0 Å². The summed E-state index contributed by atoms with van der Waals surface area (Å²) in [6, 6.07) is 9.18. The number of hydrogen-bond acceptors (Lipinski definition) is 2. The third-order valence-electron chi connectivity index (χ3n) is 3.84. The minimum atomic E-state index is -0.618. The molecule has 0 aliphatic heterocycles. The van der Waals surface area contributed by atoms with Gasteiger partial charge in [0.25, 0.3) is 0 Å². The highest BCUT2D eigenvalue weighted by molar-refractivity contribution is 5.38. The number of hydrogen-bond donors (Lipinski definition) is 1. The summed E-state index contributed by atoms with van der Waals surface area (Å²) in [7, 11) is 0. The summed E-state index contributed by atoms with van der Waals surface area (Å²) in [5.74, 6) is -0.724. The standard InChI is InChI=1S/C17H16F2O2/c18-15-4-2-5-16(19)14(15)10-21-12-8-7-11-3-1-6-17(20)13(11)9-12/h2,4-5,7-9,17,20H,1,3,6,10H2. The predicted molar refractivity (Wildman–Crippen MR) is 75.0 cm³/mol. The lowest BCUT2D eigenvalue weighted by Crippen LogP contribution is -2.09. The van der Waals surface area contributed by atoms with Crippen LogP contribution in [0.2, 0.25) is 0 Å². The van der Waals surface area contributed by atoms with Crippen LogP contribution < -0.4 is 4.74 Å². The molecule has 0 saturated carbocycles. The van der Waals surface area contributed by atoms with E-state index in [4.69, 9.17) is 4.74 Å². The van der Waals surface area contributed by atoms with E-state index in [-0.39, 0.29) is 12.2 Å². The van der Waals surface area contributed by atoms with Crippen molar-refractivity contribution in [1.82, 2.24) is 0 Å². The molecule has 2 nitrogen and oxygen atoms in total. The van der Waals surface area contributed by atoms with Gasteiger partial charge in [-0.15, -0.1) is 0 Å². The van der Waals surface area contributed by atoms with Crippen LogP contribution >= 0.6 is 0 Å². The smallest absolute Gasteiger partial charge is 0.132 e. The van der Waals surface area contributed by atoms with Gasteiger partial charge in [0.05, 0.1) is 11.7 Å². The molecule has 110 valence electrons. The SMILES string of the molecule is OC1CCCc2ccc(OCc3c(F)cccc3F)cc21. The van der Waals surface area contributed by atoms with Crippen molar-refractivity contribution < 1.29 is 18.6 Å². The van der Waals surface area contributed by atoms with Gasteiger partial charge in [0.2, 0.25) is 0 Å². The van der Waals surface area contributed by atoms with Gasteiger partial charge in [0, 0.05) is 0 Å². The second kappa shape index (κ2) is 5.82. The Morgan fingerprint density at radius 1 is 1.14 bits per heavy atom. The van der Waals surface area contributed by atoms with Gasteiger partial charge >= 0.3 is 0 Å². The number of aliphatic hydroxyl groups excluding tert-OH is 1. The Kier molecular flexibility index (Phi) is 3.88. The minimum absolute atomic E-state index is 0.0873. The van der Waals surface area contributed by atoms with Gasteiger partial charge in [-0.05, 0) is 54.7 Å². The molecule has 21 heavy (non-hydrogen) atoms. The number of ether oxygens (including phenoxy) is 1. The summed E-state index contributed by atoms with van der Waals surface area (Å²) in [6.45, 7) is -0.173. The lowest BCUT2D eigenvalue weighted by Gasteiger charge is -2.22. The highest BCUT2D eigenvalue weighted by Gasteiger charge is 2.18. The zero-order valence-corrected chi connectivity index (χ0v) is 11.5. The number of aryl methyl sites for hydroxylation is 1. The third kappa shape index (κ3) is 2.90. The number of fused-ring (bicyclic) bond motifs is 1. The van der Waals surface area contributed by atoms with Crippen LogP contribution in [0.15, 0.2) is 36.4 Å². The fraction of sp³-hybridized carbons (Fsp3) is 0.294. The van der Waals surface area contributed by atoms with Crippen LogP contribution in [-0.2, 0) is 13.0 Å². The maximum Gasteiger partial charge on any atom is 0.132 e. The fourth-order valence-electron chi connectivity index (χ4n) is 2.67. The average Bonchev–Trinajstić information content (AvgIpc) is 2.47. The van der Waals surface area contributed by atoms with E-state index in [1.807, 2.05) is 6.07 Å². The molecule has 3 rings (SSSR count). The second-order valence-corrected chi connectivity index (χ2v) is 5.26. The van der Waals surface area contributed by atoms with Crippen LogP contribution in [-0.4, -0.2) is 5.11 Å². The van der Waals surface area contributed by atoms with Crippen molar-refractivity contribution in [2.24, 2.45) is 0 Å². The zero-order chi connectivity index (χ0) is 14.8. The molecule has 0 radical (unpaired) electrons.